The van der Waals surface area contributed by atoms with Crippen LogP contribution in [0.3, 0.4) is 0 Å². The van der Waals surface area contributed by atoms with Crippen molar-refractivity contribution in [3.63, 3.8) is 0 Å². The van der Waals surface area contributed by atoms with Crippen LogP contribution in [-0.4, -0.2) is 23.4 Å². The highest BCUT2D eigenvalue weighted by Gasteiger charge is 2.07. The number of aliphatic hydroxyl groups is 2. The minimum Gasteiger partial charge on any atom is -0.396 e. The fourth-order valence-corrected chi connectivity index (χ4v) is 7.53. The maximum atomic E-state index is 9.71. The highest BCUT2D eigenvalue weighted by Crippen LogP contribution is 2.20. The molecule has 0 aliphatic carbocycles. The lowest BCUT2D eigenvalue weighted by Crippen LogP contribution is -2.06. The Morgan fingerprint density at radius 1 is 0.240 bits per heavy atom. The van der Waals surface area contributed by atoms with Crippen LogP contribution < -0.4 is 0 Å². The zero-order chi connectivity index (χ0) is 36.7. The van der Waals surface area contributed by atoms with E-state index in [9.17, 15) is 5.11 Å². The topological polar surface area (TPSA) is 40.5 Å². The van der Waals surface area contributed by atoms with E-state index >= 15 is 0 Å². The molecule has 0 spiro atoms. The summed E-state index contributed by atoms with van der Waals surface area (Å²) in [4.78, 5) is 0. The van der Waals surface area contributed by atoms with Crippen LogP contribution in [0.2, 0.25) is 0 Å². The fraction of sp³-hybridized carbons (Fsp3) is 1.00. The van der Waals surface area contributed by atoms with Crippen molar-refractivity contribution in [3.8, 4) is 0 Å². The Hall–Kier alpha value is -0.0800. The van der Waals surface area contributed by atoms with Crippen LogP contribution in [0, 0.1) is 5.92 Å². The van der Waals surface area contributed by atoms with Crippen LogP contribution in [0.5, 0.6) is 0 Å². The number of hydrogen-bond acceptors (Lipinski definition) is 2. The molecule has 0 aromatic carbocycles. The molecule has 1 unspecified atom stereocenters. The van der Waals surface area contributed by atoms with Gasteiger partial charge in [0.25, 0.3) is 0 Å². The molecule has 0 aliphatic rings. The summed E-state index contributed by atoms with van der Waals surface area (Å²) < 4.78 is 0. The molecule has 0 saturated carbocycles. The van der Waals surface area contributed by atoms with Crippen LogP contribution in [0.15, 0.2) is 0 Å². The molecular formula is C48H100O2. The van der Waals surface area contributed by atoms with Gasteiger partial charge in [0.05, 0.1) is 0 Å². The van der Waals surface area contributed by atoms with E-state index in [0.29, 0.717) is 19.1 Å². The zero-order valence-electron chi connectivity index (χ0n) is 35.6. The minimum absolute atomic E-state index is 0.373. The van der Waals surface area contributed by atoms with Crippen LogP contribution in [0.25, 0.3) is 0 Å². The van der Waals surface area contributed by atoms with Gasteiger partial charge in [-0.25, -0.2) is 0 Å². The van der Waals surface area contributed by atoms with Crippen molar-refractivity contribution in [1.29, 1.82) is 0 Å². The molecule has 2 N–H and O–H groups in total. The lowest BCUT2D eigenvalue weighted by Gasteiger charge is -2.13. The summed E-state index contributed by atoms with van der Waals surface area (Å²) in [7, 11) is 0. The third-order valence-corrected chi connectivity index (χ3v) is 11.2. The van der Waals surface area contributed by atoms with Gasteiger partial charge >= 0.3 is 0 Å². The van der Waals surface area contributed by atoms with E-state index in [2.05, 4.69) is 20.8 Å². The molecule has 0 fully saturated rings. The first-order valence-corrected chi connectivity index (χ1v) is 24.0. The summed E-state index contributed by atoms with van der Waals surface area (Å²) in [6.07, 6.45) is 58.8. The standard InChI is InChI=1S/C32H66O.C16H34O/c1-3-5-7-9-11-13-15-17-18-20-22-24-26-28-30-32(31-33)29-27-25-23-21-19-16-14-12-10-8-6-4-2;1-2-3-4-5-6-7-8-9-10-11-12-13-14-15-16-17/h32-33H,3-31H2,1-2H3;17H,2-16H2,1H3. The maximum Gasteiger partial charge on any atom is 0.0459 e. The van der Waals surface area contributed by atoms with Gasteiger partial charge < -0.3 is 10.2 Å². The van der Waals surface area contributed by atoms with Crippen LogP contribution >= 0.6 is 0 Å². The Morgan fingerprint density at radius 3 is 0.600 bits per heavy atom. The van der Waals surface area contributed by atoms with Crippen molar-refractivity contribution in [2.24, 2.45) is 5.92 Å². The highest BCUT2D eigenvalue weighted by atomic mass is 16.3. The molecule has 2 heteroatoms. The normalized spacial score (nSPS) is 11.9. The SMILES string of the molecule is CCCCCCCCCCCCCCCCC(CO)CCCCCCCCCCCCCC.CCCCCCCCCCCCCCCCO. The van der Waals surface area contributed by atoms with Gasteiger partial charge in [-0.05, 0) is 25.2 Å². The van der Waals surface area contributed by atoms with Crippen LogP contribution in [0.4, 0.5) is 0 Å². The lowest BCUT2D eigenvalue weighted by molar-refractivity contribution is 0.204. The average molecular weight is 709 g/mol. The first-order chi connectivity index (χ1) is 24.8. The van der Waals surface area contributed by atoms with E-state index in [0.717, 1.165) is 6.42 Å². The van der Waals surface area contributed by atoms with Gasteiger partial charge in [-0.15, -0.1) is 0 Å². The van der Waals surface area contributed by atoms with Gasteiger partial charge in [-0.3, -0.25) is 0 Å². The Labute approximate surface area is 318 Å². The first kappa shape index (κ1) is 52.0. The summed E-state index contributed by atoms with van der Waals surface area (Å²) in [5.74, 6) is 0.574. The van der Waals surface area contributed by atoms with Crippen molar-refractivity contribution in [1.82, 2.24) is 0 Å². The summed E-state index contributed by atoms with van der Waals surface area (Å²) in [5, 5.41) is 18.4. The summed E-state index contributed by atoms with van der Waals surface area (Å²) in [5.41, 5.74) is 0. The maximum absolute atomic E-state index is 9.71. The molecular weight excluding hydrogens is 609 g/mol. The molecule has 0 saturated heterocycles. The molecule has 0 bridgehead atoms. The van der Waals surface area contributed by atoms with Crippen LogP contribution in [-0.2, 0) is 0 Å². The second kappa shape index (κ2) is 51.0. The molecule has 1 atom stereocenters. The van der Waals surface area contributed by atoms with Crippen molar-refractivity contribution < 1.29 is 10.2 Å². The van der Waals surface area contributed by atoms with E-state index in [-0.39, 0.29) is 0 Å². The van der Waals surface area contributed by atoms with E-state index < -0.39 is 0 Å². The lowest BCUT2D eigenvalue weighted by atomic mass is 9.94. The quantitative estimate of drug-likeness (QED) is 0.0619. The number of unbranched alkanes of at least 4 members (excludes halogenated alkanes) is 37. The van der Waals surface area contributed by atoms with Gasteiger partial charge in [-0.2, -0.15) is 0 Å². The Kier molecular flexibility index (Phi) is 53.1. The van der Waals surface area contributed by atoms with Crippen LogP contribution in [0.1, 0.15) is 290 Å². The number of aliphatic hydroxyl groups excluding tert-OH is 2. The highest BCUT2D eigenvalue weighted by molar-refractivity contribution is 4.60. The Balaban J connectivity index is 0. The molecule has 0 aromatic rings. The Morgan fingerprint density at radius 2 is 0.420 bits per heavy atom. The summed E-state index contributed by atoms with van der Waals surface area (Å²) >= 11 is 0. The van der Waals surface area contributed by atoms with Crippen molar-refractivity contribution in [2.45, 2.75) is 290 Å². The predicted octanol–water partition coefficient (Wildman–Crippen LogP) is 17.0. The second-order valence-electron chi connectivity index (χ2n) is 16.4. The van der Waals surface area contributed by atoms with Gasteiger partial charge in [0, 0.05) is 13.2 Å². The molecule has 304 valence electrons. The summed E-state index contributed by atoms with van der Waals surface area (Å²) in [6, 6.07) is 0. The third-order valence-electron chi connectivity index (χ3n) is 11.2. The first-order valence-electron chi connectivity index (χ1n) is 24.0. The molecule has 0 heterocycles. The molecule has 2 nitrogen and oxygen atoms in total. The monoisotopic (exact) mass is 709 g/mol. The second-order valence-corrected chi connectivity index (χ2v) is 16.4. The van der Waals surface area contributed by atoms with Crippen molar-refractivity contribution in [2.75, 3.05) is 13.2 Å². The van der Waals surface area contributed by atoms with Gasteiger partial charge in [0.15, 0.2) is 0 Å². The van der Waals surface area contributed by atoms with E-state index in [1.54, 1.807) is 0 Å². The fourth-order valence-electron chi connectivity index (χ4n) is 7.53. The molecule has 50 heavy (non-hydrogen) atoms. The van der Waals surface area contributed by atoms with Gasteiger partial charge in [-0.1, -0.05) is 271 Å². The smallest absolute Gasteiger partial charge is 0.0459 e. The van der Waals surface area contributed by atoms with Gasteiger partial charge in [0.1, 0.15) is 0 Å². The predicted molar refractivity (Wildman–Crippen MR) is 229 cm³/mol. The molecule has 0 radical (unpaired) electrons. The van der Waals surface area contributed by atoms with E-state index in [1.807, 2.05) is 0 Å². The molecule has 0 aromatic heterocycles. The molecule has 0 rings (SSSR count). The third kappa shape index (κ3) is 50.0. The van der Waals surface area contributed by atoms with Crippen molar-refractivity contribution in [3.05, 3.63) is 0 Å². The largest absolute Gasteiger partial charge is 0.396 e. The Bertz CT molecular complexity index is 520. The number of rotatable bonds is 43. The molecule has 0 amide bonds. The molecule has 0 aliphatic heterocycles. The number of hydrogen-bond donors (Lipinski definition) is 2. The van der Waals surface area contributed by atoms with Gasteiger partial charge in [0.2, 0.25) is 0 Å². The van der Waals surface area contributed by atoms with E-state index in [4.69, 9.17) is 5.11 Å². The van der Waals surface area contributed by atoms with Crippen molar-refractivity contribution >= 4 is 0 Å². The average Bonchev–Trinajstić information content (AvgIpc) is 3.13. The zero-order valence-corrected chi connectivity index (χ0v) is 35.6. The summed E-state index contributed by atoms with van der Waals surface area (Å²) in [6.45, 7) is 7.66. The minimum atomic E-state index is 0.373. The van der Waals surface area contributed by atoms with E-state index in [1.165, 1.54) is 263 Å².